The van der Waals surface area contributed by atoms with E-state index in [-0.39, 0.29) is 12.3 Å². The zero-order valence-corrected chi connectivity index (χ0v) is 11.4. The number of pyridine rings is 1. The summed E-state index contributed by atoms with van der Waals surface area (Å²) in [5.41, 5.74) is 1.47. The maximum absolute atomic E-state index is 12.0. The van der Waals surface area contributed by atoms with Gasteiger partial charge in [-0.25, -0.2) is 0 Å². The Kier molecular flexibility index (Phi) is 4.55. The van der Waals surface area contributed by atoms with Crippen molar-refractivity contribution in [2.75, 3.05) is 19.5 Å². The summed E-state index contributed by atoms with van der Waals surface area (Å²) in [5, 5.41) is 2.78. The molecule has 104 valence electrons. The minimum absolute atomic E-state index is 0.124. The molecule has 0 unspecified atom stereocenters. The molecule has 0 bridgehead atoms. The topological polar surface area (TPSA) is 60.5 Å². The van der Waals surface area contributed by atoms with Gasteiger partial charge in [0.05, 0.1) is 32.5 Å². The van der Waals surface area contributed by atoms with Gasteiger partial charge in [-0.2, -0.15) is 0 Å². The monoisotopic (exact) mass is 272 g/mol. The van der Waals surface area contributed by atoms with Gasteiger partial charge in [-0.3, -0.25) is 9.78 Å². The summed E-state index contributed by atoms with van der Waals surface area (Å²) >= 11 is 0. The Morgan fingerprint density at radius 2 is 2.10 bits per heavy atom. The Morgan fingerprint density at radius 1 is 1.25 bits per heavy atom. The molecule has 0 aliphatic heterocycles. The Labute approximate surface area is 117 Å². The Morgan fingerprint density at radius 3 is 2.75 bits per heavy atom. The van der Waals surface area contributed by atoms with E-state index in [1.165, 1.54) is 0 Å². The molecule has 1 N–H and O–H groups in total. The van der Waals surface area contributed by atoms with Gasteiger partial charge >= 0.3 is 0 Å². The van der Waals surface area contributed by atoms with E-state index in [9.17, 15) is 4.79 Å². The molecule has 1 heterocycles. The van der Waals surface area contributed by atoms with Crippen LogP contribution in [0.3, 0.4) is 0 Å². The first-order chi connectivity index (χ1) is 9.72. The standard InChI is InChI=1S/C15H16N2O3/c1-19-13-6-5-11(14(9-13)20-2)8-15(18)17-12-4-3-7-16-10-12/h3-7,9-10H,8H2,1-2H3,(H,17,18). The van der Waals surface area contributed by atoms with E-state index in [1.54, 1.807) is 50.9 Å². The van der Waals surface area contributed by atoms with E-state index >= 15 is 0 Å². The van der Waals surface area contributed by atoms with Gasteiger partial charge in [0.15, 0.2) is 0 Å². The maximum Gasteiger partial charge on any atom is 0.228 e. The van der Waals surface area contributed by atoms with Crippen LogP contribution in [0.5, 0.6) is 11.5 Å². The molecule has 0 atom stereocenters. The molecule has 0 fully saturated rings. The molecule has 1 amide bonds. The zero-order chi connectivity index (χ0) is 14.4. The van der Waals surface area contributed by atoms with E-state index in [4.69, 9.17) is 9.47 Å². The number of methoxy groups -OCH3 is 2. The highest BCUT2D eigenvalue weighted by Gasteiger charge is 2.10. The smallest absolute Gasteiger partial charge is 0.228 e. The van der Waals surface area contributed by atoms with Crippen LogP contribution >= 0.6 is 0 Å². The number of rotatable bonds is 5. The maximum atomic E-state index is 12.0. The molecule has 20 heavy (non-hydrogen) atoms. The molecule has 0 saturated carbocycles. The third-order valence-corrected chi connectivity index (χ3v) is 2.79. The lowest BCUT2D eigenvalue weighted by molar-refractivity contribution is -0.115. The largest absolute Gasteiger partial charge is 0.497 e. The molecule has 5 heteroatoms. The van der Waals surface area contributed by atoms with E-state index < -0.39 is 0 Å². The normalized spacial score (nSPS) is 9.90. The first-order valence-corrected chi connectivity index (χ1v) is 6.13. The molecule has 1 aromatic heterocycles. The van der Waals surface area contributed by atoms with Crippen LogP contribution in [0.15, 0.2) is 42.7 Å². The Bertz CT molecular complexity index is 585. The van der Waals surface area contributed by atoms with Crippen molar-refractivity contribution in [3.05, 3.63) is 48.3 Å². The van der Waals surface area contributed by atoms with Crippen molar-refractivity contribution < 1.29 is 14.3 Å². The summed E-state index contributed by atoms with van der Waals surface area (Å²) < 4.78 is 10.4. The van der Waals surface area contributed by atoms with Crippen LogP contribution in [0.25, 0.3) is 0 Å². The number of anilines is 1. The number of carbonyl (C=O) groups is 1. The second-order valence-corrected chi connectivity index (χ2v) is 4.14. The quantitative estimate of drug-likeness (QED) is 0.907. The SMILES string of the molecule is COc1ccc(CC(=O)Nc2cccnc2)c(OC)c1. The number of nitrogens with one attached hydrogen (secondary N) is 1. The van der Waals surface area contributed by atoms with Crippen molar-refractivity contribution in [2.45, 2.75) is 6.42 Å². The summed E-state index contributed by atoms with van der Waals surface area (Å²) in [7, 11) is 3.15. The highest BCUT2D eigenvalue weighted by atomic mass is 16.5. The third kappa shape index (κ3) is 3.47. The van der Waals surface area contributed by atoms with Gasteiger partial charge in [0, 0.05) is 17.8 Å². The van der Waals surface area contributed by atoms with Crippen LogP contribution < -0.4 is 14.8 Å². The van der Waals surface area contributed by atoms with E-state index in [2.05, 4.69) is 10.3 Å². The minimum atomic E-state index is -0.124. The lowest BCUT2D eigenvalue weighted by atomic mass is 10.1. The van der Waals surface area contributed by atoms with Crippen molar-refractivity contribution in [1.82, 2.24) is 4.98 Å². The molecule has 0 aliphatic rings. The summed E-state index contributed by atoms with van der Waals surface area (Å²) in [6, 6.07) is 8.93. The van der Waals surface area contributed by atoms with Crippen LogP contribution in [0.1, 0.15) is 5.56 Å². The van der Waals surface area contributed by atoms with Crippen LogP contribution in [-0.2, 0) is 11.2 Å². The number of hydrogen-bond donors (Lipinski definition) is 1. The Hall–Kier alpha value is -2.56. The van der Waals surface area contributed by atoms with Crippen LogP contribution in [0, 0.1) is 0 Å². The second-order valence-electron chi connectivity index (χ2n) is 4.14. The fourth-order valence-corrected chi connectivity index (χ4v) is 1.81. The third-order valence-electron chi connectivity index (χ3n) is 2.79. The fourth-order valence-electron chi connectivity index (χ4n) is 1.81. The number of aromatic nitrogens is 1. The van der Waals surface area contributed by atoms with Gasteiger partial charge in [0.1, 0.15) is 11.5 Å². The van der Waals surface area contributed by atoms with Crippen molar-refractivity contribution in [1.29, 1.82) is 0 Å². The molecule has 0 radical (unpaired) electrons. The van der Waals surface area contributed by atoms with Crippen molar-refractivity contribution >= 4 is 11.6 Å². The number of benzene rings is 1. The summed E-state index contributed by atoms with van der Waals surface area (Å²) in [6.45, 7) is 0. The molecule has 1 aromatic carbocycles. The zero-order valence-electron chi connectivity index (χ0n) is 11.4. The van der Waals surface area contributed by atoms with Crippen LogP contribution in [-0.4, -0.2) is 25.1 Å². The predicted octanol–water partition coefficient (Wildman–Crippen LogP) is 2.28. The Balaban J connectivity index is 2.07. The number of nitrogens with zero attached hydrogens (tertiary/aromatic N) is 1. The van der Waals surface area contributed by atoms with Gasteiger partial charge in [-0.15, -0.1) is 0 Å². The van der Waals surface area contributed by atoms with Gasteiger partial charge < -0.3 is 14.8 Å². The average Bonchev–Trinajstić information content (AvgIpc) is 2.48. The predicted molar refractivity (Wildman–Crippen MR) is 76.1 cm³/mol. The second kappa shape index (κ2) is 6.56. The summed E-state index contributed by atoms with van der Waals surface area (Å²) in [5.74, 6) is 1.20. The number of amides is 1. The molecular weight excluding hydrogens is 256 g/mol. The lowest BCUT2D eigenvalue weighted by Gasteiger charge is -2.10. The lowest BCUT2D eigenvalue weighted by Crippen LogP contribution is -2.15. The van der Waals surface area contributed by atoms with Crippen LogP contribution in [0.4, 0.5) is 5.69 Å². The van der Waals surface area contributed by atoms with Gasteiger partial charge in [-0.05, 0) is 18.2 Å². The molecule has 2 aromatic rings. The van der Waals surface area contributed by atoms with Crippen molar-refractivity contribution in [3.8, 4) is 11.5 Å². The van der Waals surface area contributed by atoms with Gasteiger partial charge in [0.2, 0.25) is 5.91 Å². The fraction of sp³-hybridized carbons (Fsp3) is 0.200. The number of hydrogen-bond acceptors (Lipinski definition) is 4. The van der Waals surface area contributed by atoms with Gasteiger partial charge in [0.25, 0.3) is 0 Å². The first kappa shape index (κ1) is 13.9. The highest BCUT2D eigenvalue weighted by molar-refractivity contribution is 5.92. The van der Waals surface area contributed by atoms with Gasteiger partial charge in [-0.1, -0.05) is 6.07 Å². The van der Waals surface area contributed by atoms with E-state index in [0.29, 0.717) is 17.2 Å². The summed E-state index contributed by atoms with van der Waals surface area (Å²) in [4.78, 5) is 15.9. The number of ether oxygens (including phenoxy) is 2. The first-order valence-electron chi connectivity index (χ1n) is 6.13. The number of carbonyl (C=O) groups excluding carboxylic acids is 1. The van der Waals surface area contributed by atoms with Crippen molar-refractivity contribution in [3.63, 3.8) is 0 Å². The molecular formula is C15H16N2O3. The summed E-state index contributed by atoms with van der Waals surface area (Å²) in [6.07, 6.45) is 3.48. The average molecular weight is 272 g/mol. The molecule has 0 spiro atoms. The van der Waals surface area contributed by atoms with Crippen LogP contribution in [0.2, 0.25) is 0 Å². The molecule has 2 rings (SSSR count). The van der Waals surface area contributed by atoms with E-state index in [0.717, 1.165) is 5.56 Å². The molecule has 0 saturated heterocycles. The molecule has 0 aliphatic carbocycles. The minimum Gasteiger partial charge on any atom is -0.497 e. The highest BCUT2D eigenvalue weighted by Crippen LogP contribution is 2.25. The van der Waals surface area contributed by atoms with Crippen molar-refractivity contribution in [2.24, 2.45) is 0 Å². The molecule has 5 nitrogen and oxygen atoms in total. The van der Waals surface area contributed by atoms with E-state index in [1.807, 2.05) is 6.07 Å².